The molecule has 1 amide bonds. The standard InChI is InChI=1S/C28H38ClN5O2/c1-7-34(21-10-8-20(9-11-21)33(4)5)25-14-19(29)13-22(18(25)3)28(35)30-15-24-26(36-6)12-17(2)23-16-31-32-27(23)24/h12-14,16,20-21H,7-11,15H2,1-6H3,(H,30,35)(H,31,32)/t20-,21-. The summed E-state index contributed by atoms with van der Waals surface area (Å²) < 4.78 is 5.61. The topological polar surface area (TPSA) is 73.5 Å². The molecule has 2 N–H and O–H groups in total. The number of aromatic amines is 1. The number of nitrogens with zero attached hydrogens (tertiary/aromatic N) is 3. The lowest BCUT2D eigenvalue weighted by atomic mass is 9.89. The lowest BCUT2D eigenvalue weighted by Gasteiger charge is -2.40. The maximum Gasteiger partial charge on any atom is 0.251 e. The number of nitrogens with one attached hydrogen (secondary N) is 2. The predicted octanol–water partition coefficient (Wildman–Crippen LogP) is 5.47. The third-order valence-corrected chi connectivity index (χ3v) is 7.95. The minimum atomic E-state index is -0.154. The Morgan fingerprint density at radius 2 is 1.86 bits per heavy atom. The van der Waals surface area contributed by atoms with Gasteiger partial charge in [-0.15, -0.1) is 0 Å². The minimum absolute atomic E-state index is 0.154. The van der Waals surface area contributed by atoms with E-state index < -0.39 is 0 Å². The number of anilines is 1. The first-order valence-electron chi connectivity index (χ1n) is 12.8. The van der Waals surface area contributed by atoms with Crippen LogP contribution < -0.4 is 15.0 Å². The number of carbonyl (C=O) groups is 1. The van der Waals surface area contributed by atoms with Gasteiger partial charge in [-0.3, -0.25) is 9.89 Å². The van der Waals surface area contributed by atoms with Gasteiger partial charge in [0.2, 0.25) is 0 Å². The van der Waals surface area contributed by atoms with Crippen LogP contribution >= 0.6 is 11.6 Å². The van der Waals surface area contributed by atoms with Gasteiger partial charge in [0.15, 0.2) is 0 Å². The molecule has 1 fully saturated rings. The van der Waals surface area contributed by atoms with Gasteiger partial charge in [-0.2, -0.15) is 5.10 Å². The molecule has 1 saturated carbocycles. The normalized spacial score (nSPS) is 18.0. The zero-order valence-electron chi connectivity index (χ0n) is 22.2. The minimum Gasteiger partial charge on any atom is -0.496 e. The predicted molar refractivity (Wildman–Crippen MR) is 147 cm³/mol. The Kier molecular flexibility index (Phi) is 8.10. The summed E-state index contributed by atoms with van der Waals surface area (Å²) in [5.74, 6) is 0.567. The van der Waals surface area contributed by atoms with Crippen LogP contribution in [0.1, 0.15) is 59.7 Å². The van der Waals surface area contributed by atoms with Crippen molar-refractivity contribution < 1.29 is 9.53 Å². The summed E-state index contributed by atoms with van der Waals surface area (Å²) in [6.45, 7) is 7.41. The second-order valence-corrected chi connectivity index (χ2v) is 10.5. The number of ether oxygens (including phenoxy) is 1. The molecule has 4 rings (SSSR count). The molecule has 0 saturated heterocycles. The second kappa shape index (κ2) is 11.1. The number of H-pyrrole nitrogens is 1. The average Bonchev–Trinajstić information content (AvgIpc) is 3.36. The van der Waals surface area contributed by atoms with E-state index in [9.17, 15) is 4.79 Å². The van der Waals surface area contributed by atoms with Gasteiger partial charge in [-0.05, 0) is 89.9 Å². The number of methoxy groups -OCH3 is 1. The molecule has 1 aromatic heterocycles. The van der Waals surface area contributed by atoms with Crippen LogP contribution in [0.5, 0.6) is 5.75 Å². The van der Waals surface area contributed by atoms with Gasteiger partial charge in [0, 0.05) is 52.4 Å². The van der Waals surface area contributed by atoms with E-state index in [2.05, 4.69) is 46.3 Å². The van der Waals surface area contributed by atoms with Gasteiger partial charge in [0.05, 0.1) is 18.8 Å². The van der Waals surface area contributed by atoms with Gasteiger partial charge in [-0.1, -0.05) is 11.6 Å². The van der Waals surface area contributed by atoms with Crippen molar-refractivity contribution in [2.24, 2.45) is 0 Å². The van der Waals surface area contributed by atoms with Crippen LogP contribution in [0.4, 0.5) is 5.69 Å². The van der Waals surface area contributed by atoms with Gasteiger partial charge in [-0.25, -0.2) is 0 Å². The van der Waals surface area contributed by atoms with Crippen LogP contribution in [0, 0.1) is 13.8 Å². The van der Waals surface area contributed by atoms with Gasteiger partial charge < -0.3 is 19.9 Å². The molecule has 1 aliphatic carbocycles. The number of aryl methyl sites for hydroxylation is 1. The molecule has 0 bridgehead atoms. The Labute approximate surface area is 219 Å². The smallest absolute Gasteiger partial charge is 0.251 e. The zero-order chi connectivity index (χ0) is 26.0. The van der Waals surface area contributed by atoms with Crippen molar-refractivity contribution in [2.45, 2.75) is 65.1 Å². The number of aromatic nitrogens is 2. The fraction of sp³-hybridized carbons (Fsp3) is 0.500. The highest BCUT2D eigenvalue weighted by Gasteiger charge is 2.28. The molecule has 1 heterocycles. The van der Waals surface area contributed by atoms with E-state index in [1.54, 1.807) is 19.4 Å². The van der Waals surface area contributed by atoms with Crippen molar-refractivity contribution in [3.8, 4) is 5.75 Å². The summed E-state index contributed by atoms with van der Waals surface area (Å²) >= 11 is 6.57. The molecule has 0 atom stereocenters. The van der Waals surface area contributed by atoms with Crippen LogP contribution in [0.15, 0.2) is 24.4 Å². The SMILES string of the molecule is CCN(c1cc(Cl)cc(C(=O)NCc2c(OC)cc(C)c3cn[nH]c23)c1C)[C@H]1CC[C@H](N(C)C)CC1. The van der Waals surface area contributed by atoms with Crippen LogP contribution in [-0.2, 0) is 6.54 Å². The quantitative estimate of drug-likeness (QED) is 0.419. The highest BCUT2D eigenvalue weighted by Crippen LogP contribution is 2.34. The van der Waals surface area contributed by atoms with E-state index in [1.165, 1.54) is 12.8 Å². The highest BCUT2D eigenvalue weighted by atomic mass is 35.5. The Bertz CT molecular complexity index is 1230. The highest BCUT2D eigenvalue weighted by molar-refractivity contribution is 6.31. The number of amides is 1. The fourth-order valence-corrected chi connectivity index (χ4v) is 5.84. The number of benzene rings is 2. The maximum absolute atomic E-state index is 13.4. The van der Waals surface area contributed by atoms with Gasteiger partial charge in [0.1, 0.15) is 5.75 Å². The van der Waals surface area contributed by atoms with Gasteiger partial charge >= 0.3 is 0 Å². The monoisotopic (exact) mass is 511 g/mol. The number of carbonyl (C=O) groups excluding carboxylic acids is 1. The Morgan fingerprint density at radius 1 is 1.17 bits per heavy atom. The number of halogens is 1. The fourth-order valence-electron chi connectivity index (χ4n) is 5.63. The largest absolute Gasteiger partial charge is 0.496 e. The van der Waals surface area contributed by atoms with Crippen molar-refractivity contribution in [3.63, 3.8) is 0 Å². The van der Waals surface area contributed by atoms with Crippen molar-refractivity contribution in [1.82, 2.24) is 20.4 Å². The lowest BCUT2D eigenvalue weighted by molar-refractivity contribution is 0.0950. The molecule has 0 radical (unpaired) electrons. The number of fused-ring (bicyclic) bond motifs is 1. The second-order valence-electron chi connectivity index (χ2n) is 10.0. The van der Waals surface area contributed by atoms with E-state index in [-0.39, 0.29) is 5.91 Å². The van der Waals surface area contributed by atoms with Crippen LogP contribution in [0.3, 0.4) is 0 Å². The molecule has 0 aliphatic heterocycles. The van der Waals surface area contributed by atoms with Gasteiger partial charge in [0.25, 0.3) is 5.91 Å². The first-order chi connectivity index (χ1) is 17.2. The summed E-state index contributed by atoms with van der Waals surface area (Å²) in [5.41, 5.74) is 5.42. The number of rotatable bonds is 8. The van der Waals surface area contributed by atoms with Crippen molar-refractivity contribution in [3.05, 3.63) is 51.7 Å². The molecular weight excluding hydrogens is 474 g/mol. The third kappa shape index (κ3) is 5.18. The van der Waals surface area contributed by atoms with E-state index in [4.69, 9.17) is 16.3 Å². The molecule has 194 valence electrons. The first kappa shape index (κ1) is 26.3. The Morgan fingerprint density at radius 3 is 2.50 bits per heavy atom. The molecule has 36 heavy (non-hydrogen) atoms. The molecule has 0 spiro atoms. The van der Waals surface area contributed by atoms with Crippen LogP contribution in [0.25, 0.3) is 10.9 Å². The molecular formula is C28H38ClN5O2. The molecule has 3 aromatic rings. The van der Waals surface area contributed by atoms with Crippen LogP contribution in [0.2, 0.25) is 5.02 Å². The Balaban J connectivity index is 1.57. The number of hydrogen-bond donors (Lipinski definition) is 2. The number of hydrogen-bond acceptors (Lipinski definition) is 5. The molecule has 8 heteroatoms. The average molecular weight is 512 g/mol. The van der Waals surface area contributed by atoms with Crippen molar-refractivity contribution in [1.29, 1.82) is 0 Å². The summed E-state index contributed by atoms with van der Waals surface area (Å²) in [4.78, 5) is 18.2. The summed E-state index contributed by atoms with van der Waals surface area (Å²) in [5, 5.41) is 11.9. The van der Waals surface area contributed by atoms with Crippen LogP contribution in [-0.4, -0.2) is 60.8 Å². The Hall–Kier alpha value is -2.77. The van der Waals surface area contributed by atoms with Crippen molar-refractivity contribution >= 4 is 34.1 Å². The maximum atomic E-state index is 13.4. The van der Waals surface area contributed by atoms with Crippen molar-refractivity contribution in [2.75, 3.05) is 32.6 Å². The zero-order valence-corrected chi connectivity index (χ0v) is 23.0. The summed E-state index contributed by atoms with van der Waals surface area (Å²) in [6.07, 6.45) is 6.44. The molecule has 2 aromatic carbocycles. The van der Waals surface area contributed by atoms with E-state index in [0.29, 0.717) is 29.2 Å². The molecule has 1 aliphatic rings. The summed E-state index contributed by atoms with van der Waals surface area (Å²) in [6, 6.07) is 6.84. The molecule has 0 unspecified atom stereocenters. The van der Waals surface area contributed by atoms with E-state index in [0.717, 1.165) is 58.4 Å². The third-order valence-electron chi connectivity index (χ3n) is 7.73. The summed E-state index contributed by atoms with van der Waals surface area (Å²) in [7, 11) is 5.97. The molecule has 7 nitrogen and oxygen atoms in total. The first-order valence-corrected chi connectivity index (χ1v) is 13.1. The van der Waals surface area contributed by atoms with E-state index in [1.807, 2.05) is 26.0 Å². The lowest BCUT2D eigenvalue weighted by Crippen LogP contribution is -2.42. The van der Waals surface area contributed by atoms with E-state index >= 15 is 0 Å².